The van der Waals surface area contributed by atoms with Gasteiger partial charge >= 0.3 is 11.9 Å². The molecule has 1 rings (SSSR count). The van der Waals surface area contributed by atoms with Gasteiger partial charge in [0.05, 0.1) is 18.1 Å². The molecule has 0 bridgehead atoms. The summed E-state index contributed by atoms with van der Waals surface area (Å²) in [6.07, 6.45) is 1.26. The molecule has 0 aliphatic carbocycles. The maximum Gasteiger partial charge on any atom is 0.374 e. The summed E-state index contributed by atoms with van der Waals surface area (Å²) in [5.41, 5.74) is 4.64. The van der Waals surface area contributed by atoms with E-state index >= 15 is 0 Å². The lowest BCUT2D eigenvalue weighted by atomic mass is 10.0. The zero-order valence-corrected chi connectivity index (χ0v) is 16.8. The fraction of sp³-hybridized carbons (Fsp3) is 0.450. The first kappa shape index (κ1) is 22.0. The maximum absolute atomic E-state index is 12.2. The number of hydrogen-bond donors (Lipinski definition) is 0. The van der Waals surface area contributed by atoms with E-state index in [-0.39, 0.29) is 19.6 Å². The van der Waals surface area contributed by atoms with Crippen molar-refractivity contribution in [3.8, 4) is 0 Å². The van der Waals surface area contributed by atoms with Crippen molar-refractivity contribution < 1.29 is 23.9 Å². The minimum atomic E-state index is -0.887. The van der Waals surface area contributed by atoms with Gasteiger partial charge < -0.3 is 9.47 Å². The number of allylic oxidation sites excluding steroid dienone is 1. The zero-order valence-electron chi connectivity index (χ0n) is 16.0. The van der Waals surface area contributed by atoms with E-state index in [1.165, 1.54) is 23.4 Å². The third-order valence-electron chi connectivity index (χ3n) is 3.66. The molecule has 1 aromatic rings. The molecule has 0 radical (unpaired) electrons. The van der Waals surface area contributed by atoms with Crippen LogP contribution in [0.25, 0.3) is 0 Å². The topological polar surface area (TPSA) is 69.7 Å². The van der Waals surface area contributed by atoms with Crippen molar-refractivity contribution in [3.63, 3.8) is 0 Å². The molecular weight excluding hydrogens is 352 g/mol. The molecule has 0 saturated heterocycles. The number of hydrogen-bond acceptors (Lipinski definition) is 6. The second-order valence-electron chi connectivity index (χ2n) is 5.80. The van der Waals surface area contributed by atoms with Crippen LogP contribution < -0.4 is 0 Å². The highest BCUT2D eigenvalue weighted by atomic mass is 32.2. The lowest BCUT2D eigenvalue weighted by molar-refractivity contribution is -0.153. The number of rotatable bonds is 9. The van der Waals surface area contributed by atoms with Gasteiger partial charge in [0.15, 0.2) is 0 Å². The highest BCUT2D eigenvalue weighted by Crippen LogP contribution is 2.27. The molecule has 142 valence electrons. The molecule has 6 heteroatoms. The van der Waals surface area contributed by atoms with Crippen LogP contribution >= 0.6 is 11.8 Å². The first-order chi connectivity index (χ1) is 12.3. The Balaban J connectivity index is 2.91. The fourth-order valence-electron chi connectivity index (χ4n) is 2.47. The predicted molar refractivity (Wildman–Crippen MR) is 103 cm³/mol. The monoisotopic (exact) mass is 378 g/mol. The van der Waals surface area contributed by atoms with Gasteiger partial charge in [-0.15, -0.1) is 11.8 Å². The van der Waals surface area contributed by atoms with Crippen LogP contribution in [0.15, 0.2) is 23.1 Å². The normalized spacial score (nSPS) is 11.2. The Hall–Kier alpha value is -2.08. The summed E-state index contributed by atoms with van der Waals surface area (Å²) in [7, 11) is 0. The molecule has 1 aromatic carbocycles. The van der Waals surface area contributed by atoms with Crippen molar-refractivity contribution in [2.45, 2.75) is 46.8 Å². The van der Waals surface area contributed by atoms with Crippen molar-refractivity contribution in [1.29, 1.82) is 0 Å². The molecule has 0 spiro atoms. The summed E-state index contributed by atoms with van der Waals surface area (Å²) < 4.78 is 9.73. The smallest absolute Gasteiger partial charge is 0.374 e. The van der Waals surface area contributed by atoms with Gasteiger partial charge in [-0.2, -0.15) is 0 Å². The van der Waals surface area contributed by atoms with E-state index in [2.05, 4.69) is 16.9 Å². The molecule has 0 fully saturated rings. The Morgan fingerprint density at radius 3 is 2.04 bits per heavy atom. The Morgan fingerprint density at radius 1 is 0.962 bits per heavy atom. The van der Waals surface area contributed by atoms with Gasteiger partial charge in [-0.1, -0.05) is 23.8 Å². The molecule has 0 aliphatic rings. The van der Waals surface area contributed by atoms with Crippen molar-refractivity contribution in [3.05, 3.63) is 45.4 Å². The molecule has 0 N–H and O–H groups in total. The molecule has 0 saturated carbocycles. The average Bonchev–Trinajstić information content (AvgIpc) is 2.56. The van der Waals surface area contributed by atoms with Crippen LogP contribution in [0.4, 0.5) is 0 Å². The number of esters is 2. The van der Waals surface area contributed by atoms with Crippen LogP contribution in [0.3, 0.4) is 0 Å². The molecule has 5 nitrogen and oxygen atoms in total. The number of Topliss-reactive ketones (excluding diaryl/α,β-unsaturated/α-hetero) is 1. The summed E-state index contributed by atoms with van der Waals surface area (Å²) in [5, 5.41) is 0. The molecule has 0 unspecified atom stereocenters. The molecule has 0 aromatic heterocycles. The van der Waals surface area contributed by atoms with E-state index in [0.29, 0.717) is 10.7 Å². The maximum atomic E-state index is 12.2. The lowest BCUT2D eigenvalue weighted by Gasteiger charge is -2.12. The van der Waals surface area contributed by atoms with E-state index < -0.39 is 17.7 Å². The standard InChI is InChI=1S/C20H26O5S/c1-6-24-19(22)17(21)8-9-18(20(23)25-7-2)26-12-16-14(4)10-13(3)11-15(16)5/h9-11H,6-8,12H2,1-5H3. The molecule has 0 amide bonds. The summed E-state index contributed by atoms with van der Waals surface area (Å²) in [6.45, 7) is 9.85. The van der Waals surface area contributed by atoms with Gasteiger partial charge in [0.25, 0.3) is 0 Å². The summed E-state index contributed by atoms with van der Waals surface area (Å²) >= 11 is 1.31. The highest BCUT2D eigenvalue weighted by Gasteiger charge is 2.17. The van der Waals surface area contributed by atoms with Gasteiger partial charge in [0, 0.05) is 12.2 Å². The molecule has 0 heterocycles. The number of ketones is 1. The van der Waals surface area contributed by atoms with Gasteiger partial charge in [-0.25, -0.2) is 9.59 Å². The van der Waals surface area contributed by atoms with Crippen molar-refractivity contribution in [2.75, 3.05) is 13.2 Å². The Bertz CT molecular complexity index is 683. The fourth-order valence-corrected chi connectivity index (χ4v) is 3.60. The number of carbonyl (C=O) groups excluding carboxylic acids is 3. The average molecular weight is 378 g/mol. The first-order valence-electron chi connectivity index (χ1n) is 8.56. The Kier molecular flexibility index (Phi) is 9.13. The van der Waals surface area contributed by atoms with Crippen LogP contribution in [0, 0.1) is 20.8 Å². The van der Waals surface area contributed by atoms with E-state index in [1.54, 1.807) is 13.8 Å². The predicted octanol–water partition coefficient (Wildman–Crippen LogP) is 3.81. The summed E-state index contributed by atoms with van der Waals surface area (Å²) in [5.74, 6) is -1.48. The number of aryl methyl sites for hydroxylation is 3. The van der Waals surface area contributed by atoms with E-state index in [9.17, 15) is 14.4 Å². The van der Waals surface area contributed by atoms with Crippen LogP contribution in [0.2, 0.25) is 0 Å². The minimum Gasteiger partial charge on any atom is -0.462 e. The SMILES string of the molecule is CCOC(=O)C(=O)CC=C(SCc1c(C)cc(C)cc1C)C(=O)OCC. The van der Waals surface area contributed by atoms with Gasteiger partial charge in [-0.3, -0.25) is 4.79 Å². The molecule has 0 atom stereocenters. The summed E-state index contributed by atoms with van der Waals surface area (Å²) in [6, 6.07) is 4.20. The number of benzene rings is 1. The van der Waals surface area contributed by atoms with Crippen molar-refractivity contribution in [2.24, 2.45) is 0 Å². The zero-order chi connectivity index (χ0) is 19.7. The lowest BCUT2D eigenvalue weighted by Crippen LogP contribution is -2.16. The molecule has 26 heavy (non-hydrogen) atoms. The second-order valence-corrected chi connectivity index (χ2v) is 6.82. The Morgan fingerprint density at radius 2 is 1.50 bits per heavy atom. The Labute approximate surface area is 159 Å². The van der Waals surface area contributed by atoms with Crippen LogP contribution in [0.1, 0.15) is 42.5 Å². The van der Waals surface area contributed by atoms with Crippen LogP contribution in [-0.2, 0) is 29.6 Å². The number of thioether (sulfide) groups is 1. The molecular formula is C20H26O5S. The van der Waals surface area contributed by atoms with Gasteiger partial charge in [0.1, 0.15) is 0 Å². The van der Waals surface area contributed by atoms with E-state index in [4.69, 9.17) is 4.74 Å². The second kappa shape index (κ2) is 10.8. The molecule has 0 aliphatic heterocycles. The van der Waals surface area contributed by atoms with Crippen LogP contribution in [0.5, 0.6) is 0 Å². The number of ether oxygens (including phenoxy) is 2. The number of carbonyl (C=O) groups is 3. The highest BCUT2D eigenvalue weighted by molar-refractivity contribution is 8.03. The van der Waals surface area contributed by atoms with Gasteiger partial charge in [-0.05, 0) is 51.3 Å². The van der Waals surface area contributed by atoms with Crippen molar-refractivity contribution in [1.82, 2.24) is 0 Å². The first-order valence-corrected chi connectivity index (χ1v) is 9.55. The van der Waals surface area contributed by atoms with Gasteiger partial charge in [0.2, 0.25) is 5.78 Å². The third-order valence-corrected chi connectivity index (χ3v) is 4.74. The van der Waals surface area contributed by atoms with Crippen LogP contribution in [-0.4, -0.2) is 30.9 Å². The summed E-state index contributed by atoms with van der Waals surface area (Å²) in [4.78, 5) is 35.7. The van der Waals surface area contributed by atoms with Crippen molar-refractivity contribution >= 4 is 29.5 Å². The van der Waals surface area contributed by atoms with E-state index in [1.807, 2.05) is 20.8 Å². The quantitative estimate of drug-likeness (QED) is 0.370. The van der Waals surface area contributed by atoms with E-state index in [0.717, 1.165) is 16.7 Å². The third kappa shape index (κ3) is 6.67. The largest absolute Gasteiger partial charge is 0.462 e. The minimum absolute atomic E-state index is 0.139.